The summed E-state index contributed by atoms with van der Waals surface area (Å²) in [5.41, 5.74) is -0.458. The second-order valence-electron chi connectivity index (χ2n) is 6.64. The number of hydrogen-bond donors (Lipinski definition) is 1. The average molecular weight is 398 g/mol. The number of benzene rings is 2. The van der Waals surface area contributed by atoms with Crippen LogP contribution in [0.5, 0.6) is 0 Å². The molecule has 0 aliphatic rings. The fourth-order valence-electron chi connectivity index (χ4n) is 3.09. The molecule has 0 saturated heterocycles. The van der Waals surface area contributed by atoms with Crippen molar-refractivity contribution in [1.82, 2.24) is 4.57 Å². The van der Waals surface area contributed by atoms with Crippen LogP contribution in [-0.4, -0.2) is 9.67 Å². The molecule has 2 aromatic carbocycles. The van der Waals surface area contributed by atoms with Gasteiger partial charge in [0.25, 0.3) is 11.2 Å². The lowest BCUT2D eigenvalue weighted by Gasteiger charge is -2.18. The molecular formula is C22H17F3N2O2. The van der Waals surface area contributed by atoms with E-state index in [9.17, 15) is 18.0 Å². The van der Waals surface area contributed by atoms with Crippen LogP contribution in [-0.2, 0) is 19.3 Å². The van der Waals surface area contributed by atoms with Gasteiger partial charge in [0.15, 0.2) is 0 Å². The van der Waals surface area contributed by atoms with Crippen molar-refractivity contribution in [2.75, 3.05) is 0 Å². The highest BCUT2D eigenvalue weighted by atomic mass is 19.4. The fraction of sp³-hybridized carbons (Fsp3) is 0.182. The predicted molar refractivity (Wildman–Crippen MR) is 104 cm³/mol. The minimum Gasteiger partial charge on any atom is -0.392 e. The molecule has 0 bridgehead atoms. The number of pyridine rings is 1. The lowest BCUT2D eigenvalue weighted by molar-refractivity contribution is -0.136. The van der Waals surface area contributed by atoms with E-state index in [1.807, 2.05) is 0 Å². The maximum Gasteiger partial charge on any atom is 0.407 e. The van der Waals surface area contributed by atoms with Gasteiger partial charge in [0, 0.05) is 12.2 Å². The highest BCUT2D eigenvalue weighted by Crippen LogP contribution is 2.37. The van der Waals surface area contributed by atoms with Gasteiger partial charge in [-0.05, 0) is 35.7 Å². The minimum absolute atomic E-state index is 0.00548. The zero-order valence-corrected chi connectivity index (χ0v) is 15.5. The smallest absolute Gasteiger partial charge is 0.392 e. The molecule has 0 amide bonds. The zero-order valence-electron chi connectivity index (χ0n) is 15.5. The second kappa shape index (κ2) is 7.94. The summed E-state index contributed by atoms with van der Waals surface area (Å²) in [6.45, 7) is 8.78. The second-order valence-corrected chi connectivity index (χ2v) is 6.64. The van der Waals surface area contributed by atoms with Gasteiger partial charge in [0.2, 0.25) is 0 Å². The number of aliphatic hydroxyl groups excluding tert-OH is 1. The van der Waals surface area contributed by atoms with Gasteiger partial charge in [0.1, 0.15) is 0 Å². The minimum atomic E-state index is -4.82. The number of aryl methyl sites for hydroxylation is 1. The first-order valence-electron chi connectivity index (χ1n) is 8.73. The Morgan fingerprint density at radius 1 is 1.07 bits per heavy atom. The molecule has 0 spiro atoms. The lowest BCUT2D eigenvalue weighted by atomic mass is 10.0. The summed E-state index contributed by atoms with van der Waals surface area (Å²) < 4.78 is 41.7. The molecule has 3 aromatic rings. The van der Waals surface area contributed by atoms with Crippen LogP contribution in [0.3, 0.4) is 0 Å². The van der Waals surface area contributed by atoms with Crippen molar-refractivity contribution in [3.63, 3.8) is 0 Å². The number of nitrogens with zero attached hydrogens (tertiary/aromatic N) is 2. The molecule has 0 unspecified atom stereocenters. The Morgan fingerprint density at radius 3 is 2.28 bits per heavy atom. The van der Waals surface area contributed by atoms with Crippen molar-refractivity contribution in [1.29, 1.82) is 0 Å². The van der Waals surface area contributed by atoms with E-state index in [4.69, 9.17) is 11.7 Å². The molecule has 1 aromatic heterocycles. The molecule has 0 aliphatic carbocycles. The molecule has 3 rings (SSSR count). The van der Waals surface area contributed by atoms with Crippen LogP contribution in [0.1, 0.15) is 22.3 Å². The van der Waals surface area contributed by atoms with E-state index >= 15 is 0 Å². The van der Waals surface area contributed by atoms with Crippen molar-refractivity contribution in [3.05, 3.63) is 98.6 Å². The topological polar surface area (TPSA) is 46.6 Å². The Bertz CT molecular complexity index is 1140. The lowest BCUT2D eigenvalue weighted by Crippen LogP contribution is -2.25. The summed E-state index contributed by atoms with van der Waals surface area (Å²) in [5, 5.41) is 9.16. The van der Waals surface area contributed by atoms with Gasteiger partial charge in [-0.3, -0.25) is 4.79 Å². The van der Waals surface area contributed by atoms with Crippen LogP contribution in [0, 0.1) is 13.5 Å². The van der Waals surface area contributed by atoms with Gasteiger partial charge in [-0.1, -0.05) is 48.0 Å². The standard InChI is InChI=1S/C22H17F3N2O2/c1-14-4-3-5-17(10-14)19-11-18(22(23,24)25)20(26-2)21(29)27(19)12-15-6-8-16(13-28)9-7-15/h3-11,28H,12-13H2,1H3. The van der Waals surface area contributed by atoms with Crippen LogP contribution in [0.4, 0.5) is 18.9 Å². The highest BCUT2D eigenvalue weighted by Gasteiger charge is 2.36. The van der Waals surface area contributed by atoms with Crippen LogP contribution in [0.25, 0.3) is 16.1 Å². The summed E-state index contributed by atoms with van der Waals surface area (Å²) in [6.07, 6.45) is -4.82. The molecule has 0 fully saturated rings. The fourth-order valence-corrected chi connectivity index (χ4v) is 3.09. The molecule has 29 heavy (non-hydrogen) atoms. The maximum atomic E-state index is 13.5. The first-order valence-corrected chi connectivity index (χ1v) is 8.73. The van der Waals surface area contributed by atoms with Crippen LogP contribution >= 0.6 is 0 Å². The van der Waals surface area contributed by atoms with E-state index in [0.29, 0.717) is 16.7 Å². The normalized spacial score (nSPS) is 11.3. The van der Waals surface area contributed by atoms with E-state index in [1.165, 1.54) is 4.57 Å². The Kier molecular flexibility index (Phi) is 5.57. The first kappa shape index (κ1) is 20.4. The average Bonchev–Trinajstić information content (AvgIpc) is 2.69. The van der Waals surface area contributed by atoms with Crippen molar-refractivity contribution in [2.24, 2.45) is 0 Å². The quantitative estimate of drug-likeness (QED) is 0.633. The number of alkyl halides is 3. The summed E-state index contributed by atoms with van der Waals surface area (Å²) in [7, 11) is 0. The van der Waals surface area contributed by atoms with Gasteiger partial charge < -0.3 is 9.67 Å². The molecule has 4 nitrogen and oxygen atoms in total. The Balaban J connectivity index is 2.27. The summed E-state index contributed by atoms with van der Waals surface area (Å²) in [4.78, 5) is 15.8. The van der Waals surface area contributed by atoms with E-state index in [0.717, 1.165) is 11.6 Å². The zero-order chi connectivity index (χ0) is 21.2. The monoisotopic (exact) mass is 398 g/mol. The van der Waals surface area contributed by atoms with Gasteiger partial charge in [-0.25, -0.2) is 4.85 Å². The molecule has 1 N–H and O–H groups in total. The Labute approximate surface area is 165 Å². The predicted octanol–water partition coefficient (Wildman–Crippen LogP) is 4.93. The number of aromatic nitrogens is 1. The van der Waals surface area contributed by atoms with Gasteiger partial charge in [-0.15, -0.1) is 0 Å². The molecular weight excluding hydrogens is 381 g/mol. The molecule has 0 radical (unpaired) electrons. The largest absolute Gasteiger partial charge is 0.407 e. The summed E-state index contributed by atoms with van der Waals surface area (Å²) in [6, 6.07) is 14.4. The third kappa shape index (κ3) is 4.23. The van der Waals surface area contributed by atoms with E-state index in [-0.39, 0.29) is 18.8 Å². The number of halogens is 3. The number of hydrogen-bond acceptors (Lipinski definition) is 2. The molecule has 1 heterocycles. The van der Waals surface area contributed by atoms with E-state index in [2.05, 4.69) is 4.85 Å². The molecule has 0 aliphatic heterocycles. The van der Waals surface area contributed by atoms with Gasteiger partial charge in [-0.2, -0.15) is 13.2 Å². The van der Waals surface area contributed by atoms with Crippen LogP contribution < -0.4 is 5.56 Å². The number of rotatable bonds is 4. The van der Waals surface area contributed by atoms with Gasteiger partial charge >= 0.3 is 6.18 Å². The van der Waals surface area contributed by atoms with E-state index in [1.54, 1.807) is 55.5 Å². The van der Waals surface area contributed by atoms with Crippen molar-refractivity contribution in [2.45, 2.75) is 26.3 Å². The van der Waals surface area contributed by atoms with E-state index < -0.39 is 23.0 Å². The molecule has 0 atom stereocenters. The van der Waals surface area contributed by atoms with Crippen molar-refractivity contribution in [3.8, 4) is 11.3 Å². The van der Waals surface area contributed by atoms with Crippen molar-refractivity contribution >= 4 is 5.69 Å². The Hall–Kier alpha value is -3.37. The SMILES string of the molecule is [C-]#[N+]c1c(C(F)(F)F)cc(-c2cccc(C)c2)n(Cc2ccc(CO)cc2)c1=O. The molecule has 7 heteroatoms. The van der Waals surface area contributed by atoms with Crippen molar-refractivity contribution < 1.29 is 18.3 Å². The molecule has 148 valence electrons. The highest BCUT2D eigenvalue weighted by molar-refractivity contribution is 5.66. The molecule has 0 saturated carbocycles. The van der Waals surface area contributed by atoms with Crippen LogP contribution in [0.15, 0.2) is 59.4 Å². The first-order chi connectivity index (χ1) is 13.7. The summed E-state index contributed by atoms with van der Waals surface area (Å²) >= 11 is 0. The third-order valence-electron chi connectivity index (χ3n) is 4.55. The van der Waals surface area contributed by atoms with Gasteiger partial charge in [0.05, 0.1) is 18.7 Å². The summed E-state index contributed by atoms with van der Waals surface area (Å²) in [5.74, 6) is 0. The maximum absolute atomic E-state index is 13.5. The number of aliphatic hydroxyl groups is 1. The van der Waals surface area contributed by atoms with Crippen LogP contribution in [0.2, 0.25) is 0 Å². The third-order valence-corrected chi connectivity index (χ3v) is 4.55. The Morgan fingerprint density at radius 2 is 1.72 bits per heavy atom.